The maximum Gasteiger partial charge on any atom is 0.256 e. The van der Waals surface area contributed by atoms with Crippen molar-refractivity contribution in [2.45, 2.75) is 13.5 Å². The van der Waals surface area contributed by atoms with Gasteiger partial charge in [0.25, 0.3) is 11.8 Å². The lowest BCUT2D eigenvalue weighted by Crippen LogP contribution is -2.30. The molecule has 2 rings (SSSR count). The van der Waals surface area contributed by atoms with Crippen molar-refractivity contribution < 1.29 is 9.59 Å². The summed E-state index contributed by atoms with van der Waals surface area (Å²) >= 11 is 5.75. The second-order valence-corrected chi connectivity index (χ2v) is 4.12. The van der Waals surface area contributed by atoms with Crippen molar-refractivity contribution in [2.24, 2.45) is 0 Å². The summed E-state index contributed by atoms with van der Waals surface area (Å²) in [5.74, 6) is -0.475. The predicted molar refractivity (Wildman–Crippen MR) is 60.8 cm³/mol. The highest BCUT2D eigenvalue weighted by Crippen LogP contribution is 2.17. The number of amides is 2. The van der Waals surface area contributed by atoms with Crippen LogP contribution in [0.4, 0.5) is 0 Å². The number of hydrogen-bond acceptors (Lipinski definition) is 2. The van der Waals surface area contributed by atoms with Crippen LogP contribution in [0.5, 0.6) is 0 Å². The molecule has 1 aliphatic rings. The van der Waals surface area contributed by atoms with Gasteiger partial charge in [0, 0.05) is 16.7 Å². The largest absolute Gasteiger partial charge is 0.271 e. The molecule has 1 aromatic carbocycles. The molecule has 82 valence electrons. The molecule has 0 radical (unpaired) electrons. The quantitative estimate of drug-likeness (QED) is 0.737. The average Bonchev–Trinajstić information content (AvgIpc) is 2.48. The van der Waals surface area contributed by atoms with Crippen LogP contribution in [0.2, 0.25) is 5.02 Å². The summed E-state index contributed by atoms with van der Waals surface area (Å²) in [6.07, 6.45) is 1.36. The molecule has 2 amide bonds. The zero-order valence-corrected chi connectivity index (χ0v) is 9.49. The number of carbonyl (C=O) groups excluding carboxylic acids is 2. The van der Waals surface area contributed by atoms with Crippen LogP contribution in [0, 0.1) is 0 Å². The van der Waals surface area contributed by atoms with E-state index in [4.69, 9.17) is 11.6 Å². The molecular formula is C12H10ClNO2. The first-order valence-electron chi connectivity index (χ1n) is 4.86. The maximum atomic E-state index is 11.6. The second kappa shape index (κ2) is 4.10. The highest BCUT2D eigenvalue weighted by molar-refractivity contribution is 6.30. The van der Waals surface area contributed by atoms with Gasteiger partial charge in [-0.3, -0.25) is 14.5 Å². The molecule has 0 atom stereocenters. The maximum absolute atomic E-state index is 11.6. The van der Waals surface area contributed by atoms with Gasteiger partial charge in [0.15, 0.2) is 0 Å². The molecule has 1 aliphatic heterocycles. The molecule has 4 heteroatoms. The summed E-state index contributed by atoms with van der Waals surface area (Å²) in [6, 6.07) is 7.08. The number of rotatable bonds is 2. The molecule has 0 unspecified atom stereocenters. The Balaban J connectivity index is 2.15. The van der Waals surface area contributed by atoms with Crippen LogP contribution in [-0.2, 0) is 16.1 Å². The minimum Gasteiger partial charge on any atom is -0.271 e. The third kappa shape index (κ3) is 1.99. The molecular weight excluding hydrogens is 226 g/mol. The van der Waals surface area contributed by atoms with E-state index in [9.17, 15) is 9.59 Å². The molecule has 0 spiro atoms. The second-order valence-electron chi connectivity index (χ2n) is 3.68. The van der Waals surface area contributed by atoms with Gasteiger partial charge < -0.3 is 0 Å². The highest BCUT2D eigenvalue weighted by atomic mass is 35.5. The molecule has 0 saturated heterocycles. The minimum atomic E-state index is -0.252. The van der Waals surface area contributed by atoms with Gasteiger partial charge in [-0.2, -0.15) is 0 Å². The molecule has 0 N–H and O–H groups in total. The monoisotopic (exact) mass is 235 g/mol. The van der Waals surface area contributed by atoms with E-state index in [2.05, 4.69) is 0 Å². The van der Waals surface area contributed by atoms with Crippen LogP contribution >= 0.6 is 11.6 Å². The third-order valence-electron chi connectivity index (χ3n) is 2.44. The first kappa shape index (κ1) is 10.9. The molecule has 3 nitrogen and oxygen atoms in total. The Hall–Kier alpha value is -1.61. The van der Waals surface area contributed by atoms with E-state index in [-0.39, 0.29) is 11.8 Å². The number of carbonyl (C=O) groups is 2. The molecule has 16 heavy (non-hydrogen) atoms. The summed E-state index contributed by atoms with van der Waals surface area (Å²) in [5.41, 5.74) is 1.37. The fraction of sp³-hybridized carbons (Fsp3) is 0.167. The summed E-state index contributed by atoms with van der Waals surface area (Å²) in [4.78, 5) is 24.3. The molecule has 1 aromatic rings. The van der Waals surface area contributed by atoms with E-state index in [1.54, 1.807) is 31.2 Å². The first-order chi connectivity index (χ1) is 7.58. The summed E-state index contributed by atoms with van der Waals surface area (Å²) < 4.78 is 0. The predicted octanol–water partition coefficient (Wildman–Crippen LogP) is 2.16. The van der Waals surface area contributed by atoms with Gasteiger partial charge in [-0.15, -0.1) is 0 Å². The summed E-state index contributed by atoms with van der Waals surface area (Å²) in [6.45, 7) is 1.94. The van der Waals surface area contributed by atoms with E-state index < -0.39 is 0 Å². The van der Waals surface area contributed by atoms with Gasteiger partial charge in [0.1, 0.15) is 0 Å². The Morgan fingerprint density at radius 2 is 1.81 bits per heavy atom. The van der Waals surface area contributed by atoms with E-state index >= 15 is 0 Å². The van der Waals surface area contributed by atoms with Gasteiger partial charge in [0.2, 0.25) is 0 Å². The molecule has 1 heterocycles. The van der Waals surface area contributed by atoms with Crippen LogP contribution in [0.25, 0.3) is 0 Å². The standard InChI is InChI=1S/C12H10ClNO2/c1-8-6-11(15)14(12(8)16)7-9-2-4-10(13)5-3-9/h2-6H,7H2,1H3. The fourth-order valence-electron chi connectivity index (χ4n) is 1.56. The van der Waals surface area contributed by atoms with Crippen LogP contribution in [0.15, 0.2) is 35.9 Å². The average molecular weight is 236 g/mol. The van der Waals surface area contributed by atoms with Crippen LogP contribution in [0.1, 0.15) is 12.5 Å². The lowest BCUT2D eigenvalue weighted by Gasteiger charge is -2.14. The van der Waals surface area contributed by atoms with Gasteiger partial charge in [-0.05, 0) is 24.6 Å². The Morgan fingerprint density at radius 3 is 2.31 bits per heavy atom. The Labute approximate surface area is 98.3 Å². The first-order valence-corrected chi connectivity index (χ1v) is 5.24. The van der Waals surface area contributed by atoms with Crippen molar-refractivity contribution in [2.75, 3.05) is 0 Å². The lowest BCUT2D eigenvalue weighted by molar-refractivity contribution is -0.137. The van der Waals surface area contributed by atoms with Gasteiger partial charge >= 0.3 is 0 Å². The molecule has 0 aliphatic carbocycles. The SMILES string of the molecule is CC1=CC(=O)N(Cc2ccc(Cl)cc2)C1=O. The molecule has 0 fully saturated rings. The topological polar surface area (TPSA) is 37.4 Å². The van der Waals surface area contributed by atoms with Crippen LogP contribution < -0.4 is 0 Å². The zero-order chi connectivity index (χ0) is 11.7. The Morgan fingerprint density at radius 1 is 1.19 bits per heavy atom. The fourth-order valence-corrected chi connectivity index (χ4v) is 1.69. The van der Waals surface area contributed by atoms with Gasteiger partial charge in [-0.25, -0.2) is 0 Å². The summed E-state index contributed by atoms with van der Waals surface area (Å²) in [5, 5.41) is 0.636. The number of benzene rings is 1. The normalized spacial score (nSPS) is 15.6. The third-order valence-corrected chi connectivity index (χ3v) is 2.69. The van der Waals surface area contributed by atoms with Gasteiger partial charge in [0.05, 0.1) is 6.54 Å². The minimum absolute atomic E-state index is 0.222. The smallest absolute Gasteiger partial charge is 0.256 e. The van der Waals surface area contributed by atoms with E-state index in [0.717, 1.165) is 5.56 Å². The number of nitrogens with zero attached hydrogens (tertiary/aromatic N) is 1. The van der Waals surface area contributed by atoms with E-state index in [0.29, 0.717) is 17.1 Å². The molecule has 0 aromatic heterocycles. The molecule has 0 saturated carbocycles. The van der Waals surface area contributed by atoms with Crippen molar-refractivity contribution in [3.63, 3.8) is 0 Å². The number of hydrogen-bond donors (Lipinski definition) is 0. The highest BCUT2D eigenvalue weighted by Gasteiger charge is 2.27. The van der Waals surface area contributed by atoms with Crippen LogP contribution in [-0.4, -0.2) is 16.7 Å². The number of imide groups is 1. The lowest BCUT2D eigenvalue weighted by atomic mass is 10.2. The van der Waals surface area contributed by atoms with Crippen LogP contribution in [0.3, 0.4) is 0 Å². The van der Waals surface area contributed by atoms with Crippen molar-refractivity contribution in [3.05, 3.63) is 46.5 Å². The Bertz CT molecular complexity index is 476. The zero-order valence-electron chi connectivity index (χ0n) is 8.74. The summed E-state index contributed by atoms with van der Waals surface area (Å²) in [7, 11) is 0. The van der Waals surface area contributed by atoms with E-state index in [1.807, 2.05) is 0 Å². The van der Waals surface area contributed by atoms with Gasteiger partial charge in [-0.1, -0.05) is 23.7 Å². The van der Waals surface area contributed by atoms with Crippen molar-refractivity contribution >= 4 is 23.4 Å². The van der Waals surface area contributed by atoms with E-state index in [1.165, 1.54) is 11.0 Å². The Kier molecular flexibility index (Phi) is 2.79. The van der Waals surface area contributed by atoms with Crippen molar-refractivity contribution in [1.82, 2.24) is 4.90 Å². The molecule has 0 bridgehead atoms. The van der Waals surface area contributed by atoms with Crippen molar-refractivity contribution in [3.8, 4) is 0 Å². The van der Waals surface area contributed by atoms with Crippen molar-refractivity contribution in [1.29, 1.82) is 0 Å². The number of halogens is 1.